The number of furan rings is 1. The van der Waals surface area contributed by atoms with Gasteiger partial charge in [0.05, 0.1) is 6.54 Å². The largest absolute Gasteiger partial charge is 0.459 e. The van der Waals surface area contributed by atoms with Crippen LogP contribution in [0.1, 0.15) is 63.0 Å². The number of rotatable bonds is 2. The minimum atomic E-state index is 0.0733. The quantitative estimate of drug-likeness (QED) is 0.854. The zero-order valence-electron chi connectivity index (χ0n) is 12.9. The molecule has 0 saturated carbocycles. The van der Waals surface area contributed by atoms with Gasteiger partial charge in [-0.05, 0) is 23.8 Å². The molecule has 2 N–H and O–H groups in total. The molecule has 19 heavy (non-hydrogen) atoms. The molecule has 1 aromatic heterocycles. The molecule has 2 heteroatoms. The molecule has 0 spiro atoms. The van der Waals surface area contributed by atoms with E-state index in [0.717, 1.165) is 11.3 Å². The van der Waals surface area contributed by atoms with Crippen molar-refractivity contribution in [3.8, 4) is 0 Å². The van der Waals surface area contributed by atoms with Crippen LogP contribution in [0.15, 0.2) is 16.5 Å². The van der Waals surface area contributed by atoms with Crippen molar-refractivity contribution in [2.75, 3.05) is 0 Å². The molecule has 0 bridgehead atoms. The number of nitrogens with two attached hydrogens (primary N) is 1. The summed E-state index contributed by atoms with van der Waals surface area (Å²) in [5, 5.41) is 1.27. The minimum Gasteiger partial charge on any atom is -0.459 e. The Labute approximate surface area is 116 Å². The summed E-state index contributed by atoms with van der Waals surface area (Å²) < 4.78 is 6.12. The van der Waals surface area contributed by atoms with Crippen LogP contribution in [0.5, 0.6) is 0 Å². The van der Waals surface area contributed by atoms with E-state index in [9.17, 15) is 0 Å². The molecule has 0 aliphatic carbocycles. The van der Waals surface area contributed by atoms with Gasteiger partial charge in [0.25, 0.3) is 0 Å². The summed E-state index contributed by atoms with van der Waals surface area (Å²) in [4.78, 5) is 0. The highest BCUT2D eigenvalue weighted by Crippen LogP contribution is 2.39. The van der Waals surface area contributed by atoms with Crippen LogP contribution in [-0.4, -0.2) is 0 Å². The molecule has 0 aliphatic rings. The molecule has 1 heterocycles. The molecule has 0 fully saturated rings. The van der Waals surface area contributed by atoms with Crippen molar-refractivity contribution in [2.45, 2.75) is 59.4 Å². The first-order valence-corrected chi connectivity index (χ1v) is 7.02. The van der Waals surface area contributed by atoms with Gasteiger partial charge in [-0.1, -0.05) is 46.8 Å². The molecule has 0 radical (unpaired) electrons. The van der Waals surface area contributed by atoms with Gasteiger partial charge in [-0.25, -0.2) is 0 Å². The highest BCUT2D eigenvalue weighted by Gasteiger charge is 2.24. The maximum Gasteiger partial charge on any atom is 0.138 e. The van der Waals surface area contributed by atoms with Crippen LogP contribution in [0.25, 0.3) is 11.0 Å². The molecule has 104 valence electrons. The highest BCUT2D eigenvalue weighted by molar-refractivity contribution is 5.89. The summed E-state index contributed by atoms with van der Waals surface area (Å²) >= 11 is 0. The SMILES string of the molecule is Cc1ccc(C(C)(C)C)c2oc(CN)c(C(C)C)c12. The third kappa shape index (κ3) is 2.30. The maximum absolute atomic E-state index is 6.12. The zero-order chi connectivity index (χ0) is 14.4. The van der Waals surface area contributed by atoms with E-state index >= 15 is 0 Å². The van der Waals surface area contributed by atoms with E-state index in [1.165, 1.54) is 22.1 Å². The fourth-order valence-corrected chi connectivity index (χ4v) is 2.79. The summed E-state index contributed by atoms with van der Waals surface area (Å²) in [5.41, 5.74) is 10.8. The van der Waals surface area contributed by atoms with E-state index < -0.39 is 0 Å². The zero-order valence-corrected chi connectivity index (χ0v) is 12.9. The molecule has 0 amide bonds. The normalized spacial score (nSPS) is 12.6. The monoisotopic (exact) mass is 259 g/mol. The Kier molecular flexibility index (Phi) is 3.48. The fraction of sp³-hybridized carbons (Fsp3) is 0.529. The average molecular weight is 259 g/mol. The molecule has 0 unspecified atom stereocenters. The summed E-state index contributed by atoms with van der Waals surface area (Å²) in [5.74, 6) is 1.36. The molecule has 2 nitrogen and oxygen atoms in total. The van der Waals surface area contributed by atoms with Crippen LogP contribution in [0.3, 0.4) is 0 Å². The van der Waals surface area contributed by atoms with Gasteiger partial charge in [-0.2, -0.15) is 0 Å². The fourth-order valence-electron chi connectivity index (χ4n) is 2.79. The van der Waals surface area contributed by atoms with Crippen molar-refractivity contribution < 1.29 is 4.42 Å². The molecular weight excluding hydrogens is 234 g/mol. The van der Waals surface area contributed by atoms with Crippen molar-refractivity contribution in [3.63, 3.8) is 0 Å². The third-order valence-corrected chi connectivity index (χ3v) is 3.73. The molecule has 0 aliphatic heterocycles. The van der Waals surface area contributed by atoms with Crippen molar-refractivity contribution in [2.24, 2.45) is 5.73 Å². The third-order valence-electron chi connectivity index (χ3n) is 3.73. The second-order valence-electron chi connectivity index (χ2n) is 6.68. The van der Waals surface area contributed by atoms with Gasteiger partial charge in [-0.3, -0.25) is 0 Å². The lowest BCUT2D eigenvalue weighted by Crippen LogP contribution is -2.11. The Hall–Kier alpha value is -1.28. The summed E-state index contributed by atoms with van der Waals surface area (Å²) in [6.45, 7) is 13.7. The van der Waals surface area contributed by atoms with Gasteiger partial charge >= 0.3 is 0 Å². The summed E-state index contributed by atoms with van der Waals surface area (Å²) in [6.07, 6.45) is 0. The Morgan fingerprint density at radius 3 is 2.32 bits per heavy atom. The van der Waals surface area contributed by atoms with E-state index in [-0.39, 0.29) is 5.41 Å². The summed E-state index contributed by atoms with van der Waals surface area (Å²) in [7, 11) is 0. The average Bonchev–Trinajstić information content (AvgIpc) is 2.67. The second-order valence-corrected chi connectivity index (χ2v) is 6.68. The van der Waals surface area contributed by atoms with Gasteiger partial charge in [0.1, 0.15) is 11.3 Å². The maximum atomic E-state index is 6.12. The van der Waals surface area contributed by atoms with Gasteiger partial charge in [0.15, 0.2) is 0 Å². The van der Waals surface area contributed by atoms with Gasteiger partial charge in [0, 0.05) is 16.5 Å². The molecule has 2 aromatic rings. The predicted octanol–water partition coefficient (Wildman–Crippen LogP) is 4.62. The number of benzene rings is 1. The van der Waals surface area contributed by atoms with Crippen molar-refractivity contribution >= 4 is 11.0 Å². The molecule has 2 rings (SSSR count). The Morgan fingerprint density at radius 1 is 1.21 bits per heavy atom. The van der Waals surface area contributed by atoms with Gasteiger partial charge in [-0.15, -0.1) is 0 Å². The predicted molar refractivity (Wildman–Crippen MR) is 81.6 cm³/mol. The number of hydrogen-bond donors (Lipinski definition) is 1. The smallest absolute Gasteiger partial charge is 0.138 e. The molecule has 0 atom stereocenters. The Morgan fingerprint density at radius 2 is 1.84 bits per heavy atom. The van der Waals surface area contributed by atoms with E-state index in [2.05, 4.69) is 53.7 Å². The Bertz CT molecular complexity index is 600. The molecule has 0 saturated heterocycles. The van der Waals surface area contributed by atoms with Crippen LogP contribution in [0, 0.1) is 6.92 Å². The first kappa shape index (κ1) is 14.1. The standard InChI is InChI=1S/C17H25NO/c1-10(2)14-13(9-18)19-16-12(17(4,5)6)8-7-11(3)15(14)16/h7-8,10H,9,18H2,1-6H3. The van der Waals surface area contributed by atoms with Gasteiger partial charge < -0.3 is 10.2 Å². The van der Waals surface area contributed by atoms with E-state index in [1.54, 1.807) is 0 Å². The van der Waals surface area contributed by atoms with Crippen molar-refractivity contribution in [3.05, 3.63) is 34.6 Å². The van der Waals surface area contributed by atoms with Gasteiger partial charge in [0.2, 0.25) is 0 Å². The van der Waals surface area contributed by atoms with Crippen LogP contribution in [0.2, 0.25) is 0 Å². The lowest BCUT2D eigenvalue weighted by Gasteiger charge is -2.19. The lowest BCUT2D eigenvalue weighted by molar-refractivity contribution is 0.520. The van der Waals surface area contributed by atoms with E-state index in [1.807, 2.05) is 0 Å². The Balaban J connectivity index is 2.90. The first-order chi connectivity index (χ1) is 8.77. The topological polar surface area (TPSA) is 39.2 Å². The molecular formula is C17H25NO. The highest BCUT2D eigenvalue weighted by atomic mass is 16.3. The van der Waals surface area contributed by atoms with Crippen LogP contribution < -0.4 is 5.73 Å². The van der Waals surface area contributed by atoms with E-state index in [4.69, 9.17) is 10.2 Å². The van der Waals surface area contributed by atoms with Crippen LogP contribution in [-0.2, 0) is 12.0 Å². The first-order valence-electron chi connectivity index (χ1n) is 7.02. The van der Waals surface area contributed by atoms with E-state index in [0.29, 0.717) is 12.5 Å². The summed E-state index contributed by atoms with van der Waals surface area (Å²) in [6, 6.07) is 4.39. The van der Waals surface area contributed by atoms with Crippen LogP contribution >= 0.6 is 0 Å². The number of hydrogen-bond acceptors (Lipinski definition) is 2. The van der Waals surface area contributed by atoms with Crippen molar-refractivity contribution in [1.82, 2.24) is 0 Å². The molecule has 1 aromatic carbocycles. The second kappa shape index (κ2) is 4.68. The van der Waals surface area contributed by atoms with Crippen LogP contribution in [0.4, 0.5) is 0 Å². The number of fused-ring (bicyclic) bond motifs is 1. The lowest BCUT2D eigenvalue weighted by atomic mass is 9.84. The minimum absolute atomic E-state index is 0.0733. The van der Waals surface area contributed by atoms with Crippen molar-refractivity contribution in [1.29, 1.82) is 0 Å². The number of aryl methyl sites for hydroxylation is 1.